The molecule has 6 nitrogen and oxygen atoms in total. The largest absolute Gasteiger partial charge is 0.304 e. The quantitative estimate of drug-likeness (QED) is 0.568. The van der Waals surface area contributed by atoms with Crippen LogP contribution in [0.4, 0.5) is 0 Å². The first kappa shape index (κ1) is 10.7. The average Bonchev–Trinajstić information content (AvgIpc) is 2.44. The molecule has 0 spiro atoms. The first-order chi connectivity index (χ1) is 6.75. The van der Waals surface area contributed by atoms with Crippen molar-refractivity contribution < 1.29 is 25.2 Å². The molecule has 82 valence electrons. The molecular formula is C6H10O6S2. The molecule has 14 heavy (non-hydrogen) atoms. The van der Waals surface area contributed by atoms with Crippen LogP contribution in [0.1, 0.15) is 0 Å². The second-order valence-corrected chi connectivity index (χ2v) is 4.83. The molecule has 0 unspecified atom stereocenters. The summed E-state index contributed by atoms with van der Waals surface area (Å²) in [6.07, 6.45) is 0. The van der Waals surface area contributed by atoms with Crippen LogP contribution in [-0.2, 0) is 39.5 Å². The monoisotopic (exact) mass is 242 g/mol. The molecule has 0 saturated carbocycles. The summed E-state index contributed by atoms with van der Waals surface area (Å²) in [5, 5.41) is 0. The van der Waals surface area contributed by atoms with Crippen molar-refractivity contribution in [1.82, 2.24) is 0 Å². The van der Waals surface area contributed by atoms with Gasteiger partial charge in [0.25, 0.3) is 0 Å². The van der Waals surface area contributed by atoms with Crippen molar-refractivity contribution >= 4 is 22.7 Å². The highest BCUT2D eigenvalue weighted by atomic mass is 32.2. The number of rotatable bonds is 0. The van der Waals surface area contributed by atoms with Crippen molar-refractivity contribution in [3.8, 4) is 0 Å². The summed E-state index contributed by atoms with van der Waals surface area (Å²) < 4.78 is 41.3. The van der Waals surface area contributed by atoms with E-state index in [9.17, 15) is 8.42 Å². The Morgan fingerprint density at radius 1 is 0.714 bits per heavy atom. The van der Waals surface area contributed by atoms with Crippen LogP contribution in [0, 0.1) is 11.8 Å². The van der Waals surface area contributed by atoms with Crippen LogP contribution in [0.25, 0.3) is 0 Å². The van der Waals surface area contributed by atoms with Gasteiger partial charge in [-0.1, -0.05) is 0 Å². The molecule has 0 bridgehead atoms. The van der Waals surface area contributed by atoms with E-state index in [1.807, 2.05) is 0 Å². The second-order valence-electron chi connectivity index (χ2n) is 3.07. The van der Waals surface area contributed by atoms with Gasteiger partial charge in [-0.25, -0.2) is 0 Å². The van der Waals surface area contributed by atoms with E-state index >= 15 is 0 Å². The Morgan fingerprint density at radius 3 is 1.29 bits per heavy atom. The van der Waals surface area contributed by atoms with Gasteiger partial charge in [0.05, 0.1) is 26.4 Å². The Balaban J connectivity index is 2.02. The van der Waals surface area contributed by atoms with E-state index < -0.39 is 22.7 Å². The standard InChI is InChI=1S/C6H10O6S2/c7-13-9-1-5-2-10-14(8)12-4-6(5)3-11-13/h5-6H,1-4H2. The summed E-state index contributed by atoms with van der Waals surface area (Å²) in [4.78, 5) is 0. The first-order valence-electron chi connectivity index (χ1n) is 4.12. The predicted octanol–water partition coefficient (Wildman–Crippen LogP) is -0.530. The Labute approximate surface area is 86.6 Å². The second kappa shape index (κ2) is 4.77. The molecule has 2 fully saturated rings. The van der Waals surface area contributed by atoms with Crippen molar-refractivity contribution in [2.45, 2.75) is 0 Å². The summed E-state index contributed by atoms with van der Waals surface area (Å²) in [5.41, 5.74) is 0. The van der Waals surface area contributed by atoms with E-state index in [0.717, 1.165) is 0 Å². The van der Waals surface area contributed by atoms with Gasteiger partial charge in [-0.2, -0.15) is 8.42 Å². The molecular weight excluding hydrogens is 232 g/mol. The molecule has 0 N–H and O–H groups in total. The molecule has 0 aromatic carbocycles. The van der Waals surface area contributed by atoms with E-state index in [4.69, 9.17) is 16.7 Å². The molecule has 0 atom stereocenters. The van der Waals surface area contributed by atoms with Gasteiger partial charge in [0, 0.05) is 11.8 Å². The highest BCUT2D eigenvalue weighted by Crippen LogP contribution is 2.22. The first-order valence-corrected chi connectivity index (χ1v) is 6.12. The van der Waals surface area contributed by atoms with Gasteiger partial charge in [0.15, 0.2) is 0 Å². The lowest BCUT2D eigenvalue weighted by molar-refractivity contribution is 0.143. The molecule has 2 aliphatic heterocycles. The molecule has 2 rings (SSSR count). The van der Waals surface area contributed by atoms with Crippen LogP contribution in [0.2, 0.25) is 0 Å². The third-order valence-corrected chi connectivity index (χ3v) is 3.49. The molecule has 0 aliphatic carbocycles. The van der Waals surface area contributed by atoms with Gasteiger partial charge >= 0.3 is 22.7 Å². The van der Waals surface area contributed by atoms with Gasteiger partial charge in [-0.15, -0.1) is 0 Å². The summed E-state index contributed by atoms with van der Waals surface area (Å²) in [5.74, 6) is 0.0424. The zero-order valence-electron chi connectivity index (χ0n) is 7.25. The topological polar surface area (TPSA) is 71.1 Å². The fourth-order valence-corrected chi connectivity index (χ4v) is 2.56. The minimum absolute atomic E-state index is 0.0212. The Bertz CT molecular complexity index is 211. The van der Waals surface area contributed by atoms with Crippen LogP contribution in [0.3, 0.4) is 0 Å². The lowest BCUT2D eigenvalue weighted by Gasteiger charge is -2.16. The van der Waals surface area contributed by atoms with Crippen molar-refractivity contribution in [2.24, 2.45) is 11.8 Å². The van der Waals surface area contributed by atoms with Crippen molar-refractivity contribution in [3.05, 3.63) is 0 Å². The third kappa shape index (κ3) is 2.59. The zero-order valence-corrected chi connectivity index (χ0v) is 8.88. The molecule has 0 aromatic heterocycles. The summed E-state index contributed by atoms with van der Waals surface area (Å²) in [6, 6.07) is 0. The van der Waals surface area contributed by atoms with Gasteiger partial charge in [0.1, 0.15) is 0 Å². The highest BCUT2D eigenvalue weighted by molar-refractivity contribution is 7.75. The van der Waals surface area contributed by atoms with E-state index in [0.29, 0.717) is 0 Å². The predicted molar refractivity (Wildman–Crippen MR) is 47.1 cm³/mol. The molecule has 8 heteroatoms. The van der Waals surface area contributed by atoms with Crippen LogP contribution < -0.4 is 0 Å². The van der Waals surface area contributed by atoms with Crippen LogP contribution >= 0.6 is 0 Å². The van der Waals surface area contributed by atoms with Crippen molar-refractivity contribution in [1.29, 1.82) is 0 Å². The smallest absolute Gasteiger partial charge is 0.268 e. The van der Waals surface area contributed by atoms with E-state index in [-0.39, 0.29) is 38.3 Å². The zero-order chi connectivity index (χ0) is 9.97. The average molecular weight is 242 g/mol. The fraction of sp³-hybridized carbons (Fsp3) is 1.00. The third-order valence-electron chi connectivity index (χ3n) is 2.18. The molecule has 2 saturated heterocycles. The molecule has 0 amide bonds. The summed E-state index contributed by atoms with van der Waals surface area (Å²) >= 11 is -3.35. The molecule has 2 heterocycles. The van der Waals surface area contributed by atoms with Gasteiger partial charge < -0.3 is 0 Å². The minimum atomic E-state index is -1.68. The van der Waals surface area contributed by atoms with E-state index in [1.54, 1.807) is 0 Å². The van der Waals surface area contributed by atoms with Gasteiger partial charge in [-0.05, 0) is 0 Å². The highest BCUT2D eigenvalue weighted by Gasteiger charge is 2.31. The van der Waals surface area contributed by atoms with Crippen molar-refractivity contribution in [3.63, 3.8) is 0 Å². The normalized spacial score (nSPS) is 44.9. The lowest BCUT2D eigenvalue weighted by atomic mass is 9.95. The SMILES string of the molecule is O=S1OCC2COS(=O)OCC2CO1. The maximum atomic E-state index is 10.9. The summed E-state index contributed by atoms with van der Waals surface area (Å²) in [7, 11) is 0. The Kier molecular flexibility index (Phi) is 3.63. The number of hydrogen-bond acceptors (Lipinski definition) is 6. The lowest BCUT2D eigenvalue weighted by Crippen LogP contribution is -2.25. The maximum Gasteiger partial charge on any atom is 0.304 e. The Morgan fingerprint density at radius 2 is 1.00 bits per heavy atom. The van der Waals surface area contributed by atoms with Crippen molar-refractivity contribution in [2.75, 3.05) is 26.4 Å². The fourth-order valence-electron chi connectivity index (χ4n) is 1.28. The Hall–Kier alpha value is 0.140. The number of hydrogen-bond donors (Lipinski definition) is 0. The van der Waals surface area contributed by atoms with Crippen LogP contribution in [0.15, 0.2) is 0 Å². The van der Waals surface area contributed by atoms with Crippen LogP contribution in [-0.4, -0.2) is 34.8 Å². The van der Waals surface area contributed by atoms with Gasteiger partial charge in [0.2, 0.25) is 0 Å². The number of fused-ring (bicyclic) bond motifs is 1. The minimum Gasteiger partial charge on any atom is -0.268 e. The van der Waals surface area contributed by atoms with Gasteiger partial charge in [-0.3, -0.25) is 16.7 Å². The molecule has 0 aromatic rings. The molecule has 2 aliphatic rings. The maximum absolute atomic E-state index is 10.9. The van der Waals surface area contributed by atoms with E-state index in [2.05, 4.69) is 0 Å². The molecule has 0 radical (unpaired) electrons. The van der Waals surface area contributed by atoms with Crippen LogP contribution in [0.5, 0.6) is 0 Å². The van der Waals surface area contributed by atoms with E-state index in [1.165, 1.54) is 0 Å². The summed E-state index contributed by atoms with van der Waals surface area (Å²) in [6.45, 7) is 1.10.